The summed E-state index contributed by atoms with van der Waals surface area (Å²) in [6.07, 6.45) is -5.49. The van der Waals surface area contributed by atoms with Gasteiger partial charge in [-0.05, 0) is 31.0 Å². The first-order valence-electron chi connectivity index (χ1n) is 4.85. The van der Waals surface area contributed by atoms with Crippen LogP contribution in [0.4, 0.5) is 13.2 Å². The summed E-state index contributed by atoms with van der Waals surface area (Å²) in [6.45, 7) is 2.92. The lowest BCUT2D eigenvalue weighted by molar-refractivity contribution is -0.138. The Hall–Kier alpha value is -1.07. The lowest BCUT2D eigenvalue weighted by Crippen LogP contribution is -2.24. The van der Waals surface area contributed by atoms with Crippen LogP contribution in [0.2, 0.25) is 0 Å². The SMILES string of the molecule is Cc1ccc([C@H](O)[C@@H](C)N)cc1C(F)(F)F. The molecule has 0 bridgehead atoms. The van der Waals surface area contributed by atoms with Gasteiger partial charge in [-0.15, -0.1) is 0 Å². The Morgan fingerprint density at radius 2 is 1.88 bits per heavy atom. The van der Waals surface area contributed by atoms with Crippen molar-refractivity contribution in [2.45, 2.75) is 32.2 Å². The zero-order chi connectivity index (χ0) is 12.5. The van der Waals surface area contributed by atoms with E-state index in [-0.39, 0.29) is 11.1 Å². The molecule has 0 fully saturated rings. The summed E-state index contributed by atoms with van der Waals surface area (Å²) in [6, 6.07) is 3.13. The molecular weight excluding hydrogens is 219 g/mol. The van der Waals surface area contributed by atoms with Gasteiger partial charge in [0.15, 0.2) is 0 Å². The number of alkyl halides is 3. The normalized spacial score (nSPS) is 15.9. The van der Waals surface area contributed by atoms with Gasteiger partial charge in [0.25, 0.3) is 0 Å². The van der Waals surface area contributed by atoms with E-state index >= 15 is 0 Å². The first-order valence-corrected chi connectivity index (χ1v) is 4.85. The summed E-state index contributed by atoms with van der Waals surface area (Å²) < 4.78 is 37.7. The van der Waals surface area contributed by atoms with Crippen molar-refractivity contribution >= 4 is 0 Å². The molecule has 0 heterocycles. The molecule has 0 radical (unpaired) electrons. The van der Waals surface area contributed by atoms with Crippen molar-refractivity contribution in [2.75, 3.05) is 0 Å². The number of aliphatic hydroxyl groups excluding tert-OH is 1. The second-order valence-corrected chi connectivity index (χ2v) is 3.88. The van der Waals surface area contributed by atoms with Crippen molar-refractivity contribution in [1.29, 1.82) is 0 Å². The number of hydrogen-bond donors (Lipinski definition) is 2. The van der Waals surface area contributed by atoms with Crippen LogP contribution in [0.3, 0.4) is 0 Å². The molecule has 90 valence electrons. The molecule has 2 atom stereocenters. The Labute approximate surface area is 91.9 Å². The van der Waals surface area contributed by atoms with Crippen molar-refractivity contribution in [3.63, 3.8) is 0 Å². The van der Waals surface area contributed by atoms with Crippen LogP contribution in [0, 0.1) is 6.92 Å². The minimum Gasteiger partial charge on any atom is -0.387 e. The summed E-state index contributed by atoms with van der Waals surface area (Å²) in [5, 5.41) is 9.59. The van der Waals surface area contributed by atoms with Crippen molar-refractivity contribution in [2.24, 2.45) is 5.73 Å². The molecule has 1 aromatic carbocycles. The Balaban J connectivity index is 3.18. The highest BCUT2D eigenvalue weighted by atomic mass is 19.4. The summed E-state index contributed by atoms with van der Waals surface area (Å²) in [7, 11) is 0. The zero-order valence-electron chi connectivity index (χ0n) is 9.05. The van der Waals surface area contributed by atoms with Gasteiger partial charge in [0.2, 0.25) is 0 Å². The molecule has 0 aliphatic heterocycles. The van der Waals surface area contributed by atoms with Crippen molar-refractivity contribution in [1.82, 2.24) is 0 Å². The Bertz CT molecular complexity index is 374. The summed E-state index contributed by atoms with van der Waals surface area (Å²) >= 11 is 0. The van der Waals surface area contributed by atoms with E-state index < -0.39 is 23.9 Å². The number of aliphatic hydroxyl groups is 1. The Morgan fingerprint density at radius 1 is 1.31 bits per heavy atom. The van der Waals surface area contributed by atoms with Gasteiger partial charge < -0.3 is 10.8 Å². The van der Waals surface area contributed by atoms with E-state index in [0.717, 1.165) is 6.07 Å². The molecule has 5 heteroatoms. The molecule has 2 nitrogen and oxygen atoms in total. The van der Waals surface area contributed by atoms with Crippen LogP contribution in [0.15, 0.2) is 18.2 Å². The third kappa shape index (κ3) is 2.74. The van der Waals surface area contributed by atoms with Crippen molar-refractivity contribution < 1.29 is 18.3 Å². The van der Waals surface area contributed by atoms with Crippen molar-refractivity contribution in [3.8, 4) is 0 Å². The molecule has 1 aromatic rings. The van der Waals surface area contributed by atoms with Crippen LogP contribution >= 0.6 is 0 Å². The fraction of sp³-hybridized carbons (Fsp3) is 0.455. The number of nitrogens with two attached hydrogens (primary N) is 1. The molecule has 0 aliphatic carbocycles. The summed E-state index contributed by atoms with van der Waals surface area (Å²) in [5.74, 6) is 0. The Kier molecular flexibility index (Phi) is 3.60. The molecule has 0 unspecified atom stereocenters. The largest absolute Gasteiger partial charge is 0.416 e. The summed E-state index contributed by atoms with van der Waals surface area (Å²) in [4.78, 5) is 0. The number of rotatable bonds is 2. The first kappa shape index (κ1) is 13.0. The Morgan fingerprint density at radius 3 is 2.31 bits per heavy atom. The second-order valence-electron chi connectivity index (χ2n) is 3.88. The third-order valence-electron chi connectivity index (χ3n) is 2.41. The summed E-state index contributed by atoms with van der Waals surface area (Å²) in [5.41, 5.74) is 5.02. The van der Waals surface area contributed by atoms with E-state index in [1.165, 1.54) is 26.0 Å². The van der Waals surface area contributed by atoms with Gasteiger partial charge in [0.05, 0.1) is 11.7 Å². The van der Waals surface area contributed by atoms with Gasteiger partial charge in [-0.25, -0.2) is 0 Å². The van der Waals surface area contributed by atoms with Gasteiger partial charge in [-0.3, -0.25) is 0 Å². The maximum Gasteiger partial charge on any atom is 0.416 e. The molecule has 0 saturated heterocycles. The van der Waals surface area contributed by atoms with Crippen LogP contribution in [-0.2, 0) is 6.18 Å². The smallest absolute Gasteiger partial charge is 0.387 e. The van der Waals surface area contributed by atoms with Gasteiger partial charge in [0.1, 0.15) is 0 Å². The molecular formula is C11H14F3NO. The number of hydrogen-bond acceptors (Lipinski definition) is 2. The highest BCUT2D eigenvalue weighted by molar-refractivity contribution is 5.34. The molecule has 16 heavy (non-hydrogen) atoms. The van der Waals surface area contributed by atoms with Crippen LogP contribution in [0.25, 0.3) is 0 Å². The minimum atomic E-state index is -4.41. The zero-order valence-corrected chi connectivity index (χ0v) is 9.05. The predicted molar refractivity (Wildman–Crippen MR) is 54.8 cm³/mol. The van der Waals surface area contributed by atoms with Crippen LogP contribution in [0.1, 0.15) is 29.7 Å². The molecule has 1 rings (SSSR count). The van der Waals surface area contributed by atoms with Gasteiger partial charge in [-0.2, -0.15) is 13.2 Å². The average Bonchev–Trinajstić information content (AvgIpc) is 2.15. The highest BCUT2D eigenvalue weighted by Crippen LogP contribution is 2.33. The van der Waals surface area contributed by atoms with E-state index in [9.17, 15) is 18.3 Å². The quantitative estimate of drug-likeness (QED) is 0.823. The number of aryl methyl sites for hydroxylation is 1. The maximum atomic E-state index is 12.6. The van der Waals surface area contributed by atoms with Gasteiger partial charge in [-0.1, -0.05) is 12.1 Å². The predicted octanol–water partition coefficient (Wildman–Crippen LogP) is 2.39. The third-order valence-corrected chi connectivity index (χ3v) is 2.41. The molecule has 0 spiro atoms. The fourth-order valence-electron chi connectivity index (χ4n) is 1.43. The fourth-order valence-corrected chi connectivity index (χ4v) is 1.43. The van der Waals surface area contributed by atoms with E-state index in [1.54, 1.807) is 0 Å². The average molecular weight is 233 g/mol. The monoisotopic (exact) mass is 233 g/mol. The first-order chi connectivity index (χ1) is 7.23. The standard InChI is InChI=1S/C11H14F3NO/c1-6-3-4-8(10(16)7(2)15)5-9(6)11(12,13)14/h3-5,7,10,16H,15H2,1-2H3/t7-,10-/m1/s1. The lowest BCUT2D eigenvalue weighted by Gasteiger charge is -2.18. The second kappa shape index (κ2) is 4.43. The van der Waals surface area contributed by atoms with Crippen LogP contribution < -0.4 is 5.73 Å². The van der Waals surface area contributed by atoms with Crippen LogP contribution in [0.5, 0.6) is 0 Å². The van der Waals surface area contributed by atoms with E-state index in [2.05, 4.69) is 0 Å². The highest BCUT2D eigenvalue weighted by Gasteiger charge is 2.33. The molecule has 0 aliphatic rings. The molecule has 0 amide bonds. The van der Waals surface area contributed by atoms with Gasteiger partial charge in [0, 0.05) is 6.04 Å². The van der Waals surface area contributed by atoms with E-state index in [1.807, 2.05) is 0 Å². The lowest BCUT2D eigenvalue weighted by atomic mass is 9.98. The number of halogens is 3. The van der Waals surface area contributed by atoms with Crippen molar-refractivity contribution in [3.05, 3.63) is 34.9 Å². The maximum absolute atomic E-state index is 12.6. The van der Waals surface area contributed by atoms with Gasteiger partial charge >= 0.3 is 6.18 Å². The van der Waals surface area contributed by atoms with E-state index in [0.29, 0.717) is 0 Å². The van der Waals surface area contributed by atoms with E-state index in [4.69, 9.17) is 5.73 Å². The number of benzene rings is 1. The topological polar surface area (TPSA) is 46.2 Å². The minimum absolute atomic E-state index is 0.133. The molecule has 0 aromatic heterocycles. The molecule has 3 N–H and O–H groups in total. The van der Waals surface area contributed by atoms with Crippen LogP contribution in [-0.4, -0.2) is 11.1 Å². The molecule has 0 saturated carbocycles.